The van der Waals surface area contributed by atoms with Crippen LogP contribution in [0.15, 0.2) is 101 Å². The summed E-state index contributed by atoms with van der Waals surface area (Å²) in [6, 6.07) is 26.7. The number of aliphatic hydroxyl groups is 1. The van der Waals surface area contributed by atoms with Gasteiger partial charge in [0.05, 0.1) is 24.4 Å². The van der Waals surface area contributed by atoms with Crippen molar-refractivity contribution in [2.24, 2.45) is 4.99 Å². The Balaban J connectivity index is 0.000000241. The minimum atomic E-state index is -0.963. The van der Waals surface area contributed by atoms with Crippen LogP contribution in [0.2, 0.25) is 10.0 Å². The summed E-state index contributed by atoms with van der Waals surface area (Å²) >= 11 is 12.0. The summed E-state index contributed by atoms with van der Waals surface area (Å²) < 4.78 is 16.1. The lowest BCUT2D eigenvalue weighted by Gasteiger charge is -2.26. The van der Waals surface area contributed by atoms with E-state index in [9.17, 15) is 19.5 Å². The Bertz CT molecular complexity index is 2320. The number of halogens is 2. The van der Waals surface area contributed by atoms with Crippen molar-refractivity contribution in [3.63, 3.8) is 0 Å². The largest absolute Gasteiger partial charge is 0.509 e. The zero-order valence-electron chi connectivity index (χ0n) is 34.9. The first kappa shape index (κ1) is 46.9. The van der Waals surface area contributed by atoms with Crippen molar-refractivity contribution in [2.75, 3.05) is 40.5 Å². The number of nitrogens with one attached hydrogen (secondary N) is 3. The molecule has 4 aromatic carbocycles. The molecule has 0 aromatic heterocycles. The molecule has 2 heterocycles. The van der Waals surface area contributed by atoms with Crippen LogP contribution >= 0.6 is 23.2 Å². The number of rotatable bonds is 11. The monoisotopic (exact) mass is 856 g/mol. The van der Waals surface area contributed by atoms with Gasteiger partial charge in [0.1, 0.15) is 16.8 Å². The molecule has 2 aliphatic heterocycles. The maximum absolute atomic E-state index is 13.0. The standard InChI is InChI=1S/C23H25ClN2O4.C20H20ClNO3.C3H5NO/c1-5-25-22(28)30-20-19(21(27)26-23(20,3)13-29-4)18-12-16(7-6-14(18)2)15-8-10-17(24)11-9-15;1-12-4-5-14(13-6-8-15(21)9-7-13)10-16(12)17-18(23)20(2,11-25-3)22-19(17)24;1-2-4-3-5/h6-12H,5,13H2,1-4H3,(H,25,28)(H,26,27);4-10,23H,11H2,1-3H3,(H,22,24);2H2,1H3. The number of aryl methyl sites for hydroxylation is 2. The second kappa shape index (κ2) is 21.0. The molecule has 316 valence electrons. The van der Waals surface area contributed by atoms with Gasteiger partial charge in [-0.3, -0.25) is 9.59 Å². The third-order valence-corrected chi connectivity index (χ3v) is 10.2. The summed E-state index contributed by atoms with van der Waals surface area (Å²) in [5, 5.41) is 20.3. The molecule has 2 unspecified atom stereocenters. The smallest absolute Gasteiger partial charge is 0.412 e. The van der Waals surface area contributed by atoms with Gasteiger partial charge in [0.15, 0.2) is 5.76 Å². The average Bonchev–Trinajstić information content (AvgIpc) is 3.58. The number of carbonyl (C=O) groups is 3. The Morgan fingerprint density at radius 1 is 0.733 bits per heavy atom. The zero-order valence-corrected chi connectivity index (χ0v) is 36.4. The fraction of sp³-hybridized carbons (Fsp3) is 0.304. The van der Waals surface area contributed by atoms with Crippen LogP contribution in [0.25, 0.3) is 33.4 Å². The molecule has 4 aromatic rings. The highest BCUT2D eigenvalue weighted by atomic mass is 35.5. The third-order valence-electron chi connectivity index (χ3n) is 9.69. The molecule has 3 amide bonds. The third kappa shape index (κ3) is 11.1. The van der Waals surface area contributed by atoms with E-state index in [-0.39, 0.29) is 36.5 Å². The summed E-state index contributed by atoms with van der Waals surface area (Å²) in [7, 11) is 3.07. The molecule has 0 radical (unpaired) electrons. The zero-order chi connectivity index (χ0) is 44.2. The number of hydrogen-bond acceptors (Lipinski definition) is 9. The SMILES string of the molecule is CCN=C=O.CCNC(=O)OC1=C(c2cc(-c3ccc(Cl)cc3)ccc2C)C(=O)NC1(C)COC.COCC1(C)NC(=O)C(c2cc(-c3ccc(Cl)cc3)ccc2C)=C1O. The molecule has 0 saturated carbocycles. The Morgan fingerprint density at radius 2 is 1.17 bits per heavy atom. The predicted octanol–water partition coefficient (Wildman–Crippen LogP) is 8.77. The number of alkyl carbamates (subject to hydrolysis) is 1. The summed E-state index contributed by atoms with van der Waals surface area (Å²) in [5.74, 6) is -0.356. The van der Waals surface area contributed by atoms with Crippen molar-refractivity contribution >= 4 is 58.3 Å². The molecule has 14 heteroatoms. The quantitative estimate of drug-likeness (QED) is 0.0859. The number of amides is 3. The Morgan fingerprint density at radius 3 is 1.60 bits per heavy atom. The first-order chi connectivity index (χ1) is 28.6. The normalized spacial score (nSPS) is 18.0. The van der Waals surface area contributed by atoms with E-state index in [1.165, 1.54) is 20.3 Å². The van der Waals surface area contributed by atoms with E-state index in [0.29, 0.717) is 45.4 Å². The highest BCUT2D eigenvalue weighted by molar-refractivity contribution is 6.31. The van der Waals surface area contributed by atoms with Crippen LogP contribution < -0.4 is 16.0 Å². The van der Waals surface area contributed by atoms with Crippen LogP contribution in [-0.2, 0) is 28.6 Å². The van der Waals surface area contributed by atoms with Crippen LogP contribution in [0.3, 0.4) is 0 Å². The maximum atomic E-state index is 13.0. The summed E-state index contributed by atoms with van der Waals surface area (Å²) in [5.41, 5.74) is 5.78. The fourth-order valence-electron chi connectivity index (χ4n) is 6.71. The topological polar surface area (TPSA) is 165 Å². The first-order valence-electron chi connectivity index (χ1n) is 19.1. The van der Waals surface area contributed by atoms with Gasteiger partial charge in [-0.1, -0.05) is 71.7 Å². The number of methoxy groups -OCH3 is 2. The molecule has 60 heavy (non-hydrogen) atoms. The van der Waals surface area contributed by atoms with Crippen molar-refractivity contribution in [1.29, 1.82) is 0 Å². The van der Waals surface area contributed by atoms with Crippen LogP contribution in [0.5, 0.6) is 0 Å². The molecule has 4 N–H and O–H groups in total. The minimum absolute atomic E-state index is 0.00991. The van der Waals surface area contributed by atoms with Gasteiger partial charge in [0.2, 0.25) is 6.08 Å². The minimum Gasteiger partial charge on any atom is -0.509 e. The van der Waals surface area contributed by atoms with Gasteiger partial charge in [-0.25, -0.2) is 14.6 Å². The molecular formula is C46H50Cl2N4O8. The second-order valence-corrected chi connectivity index (χ2v) is 15.3. The van der Waals surface area contributed by atoms with Crippen molar-refractivity contribution in [2.45, 2.75) is 52.6 Å². The van der Waals surface area contributed by atoms with Gasteiger partial charge in [-0.15, -0.1) is 0 Å². The fourth-order valence-corrected chi connectivity index (χ4v) is 6.96. The van der Waals surface area contributed by atoms with Gasteiger partial charge in [-0.05, 0) is 122 Å². The average molecular weight is 858 g/mol. The van der Waals surface area contributed by atoms with E-state index < -0.39 is 17.2 Å². The van der Waals surface area contributed by atoms with Gasteiger partial charge >= 0.3 is 6.09 Å². The molecule has 0 bridgehead atoms. The number of aliphatic hydroxyl groups excluding tert-OH is 1. The number of carbonyl (C=O) groups excluding carboxylic acids is 4. The maximum Gasteiger partial charge on any atom is 0.412 e. The molecule has 0 saturated heterocycles. The van der Waals surface area contributed by atoms with E-state index in [1.54, 1.807) is 27.7 Å². The number of ether oxygens (including phenoxy) is 3. The highest BCUT2D eigenvalue weighted by Crippen LogP contribution is 2.38. The highest BCUT2D eigenvalue weighted by Gasteiger charge is 2.46. The van der Waals surface area contributed by atoms with Gasteiger partial charge < -0.3 is 35.3 Å². The molecule has 2 aliphatic rings. The van der Waals surface area contributed by atoms with Crippen molar-refractivity contribution in [3.8, 4) is 22.3 Å². The lowest BCUT2D eigenvalue weighted by Crippen LogP contribution is -2.46. The van der Waals surface area contributed by atoms with Crippen LogP contribution in [0.1, 0.15) is 49.9 Å². The first-order valence-corrected chi connectivity index (χ1v) is 19.9. The van der Waals surface area contributed by atoms with Gasteiger partial charge in [-0.2, -0.15) is 0 Å². The van der Waals surface area contributed by atoms with Crippen molar-refractivity contribution in [1.82, 2.24) is 16.0 Å². The number of benzene rings is 4. The van der Waals surface area contributed by atoms with E-state index in [2.05, 4.69) is 20.9 Å². The number of hydrogen-bond donors (Lipinski definition) is 4. The lowest BCUT2D eigenvalue weighted by molar-refractivity contribution is -0.117. The Labute approximate surface area is 360 Å². The van der Waals surface area contributed by atoms with Crippen LogP contribution in [-0.4, -0.2) is 80.7 Å². The van der Waals surface area contributed by atoms with Gasteiger partial charge in [0, 0.05) is 37.4 Å². The van der Waals surface area contributed by atoms with E-state index in [4.69, 9.17) is 42.2 Å². The molecule has 0 spiro atoms. The lowest BCUT2D eigenvalue weighted by atomic mass is 9.92. The van der Waals surface area contributed by atoms with E-state index in [0.717, 1.165) is 33.4 Å². The molecule has 0 fully saturated rings. The summed E-state index contributed by atoms with van der Waals surface area (Å²) in [6.07, 6.45) is 0.777. The number of isocyanates is 1. The predicted molar refractivity (Wildman–Crippen MR) is 235 cm³/mol. The van der Waals surface area contributed by atoms with Crippen molar-refractivity contribution in [3.05, 3.63) is 129 Å². The van der Waals surface area contributed by atoms with Crippen LogP contribution in [0.4, 0.5) is 4.79 Å². The van der Waals surface area contributed by atoms with Gasteiger partial charge in [0.25, 0.3) is 11.8 Å². The molecule has 12 nitrogen and oxygen atoms in total. The van der Waals surface area contributed by atoms with Crippen LogP contribution in [0, 0.1) is 13.8 Å². The second-order valence-electron chi connectivity index (χ2n) is 14.4. The van der Waals surface area contributed by atoms with Crippen molar-refractivity contribution < 1.29 is 38.5 Å². The summed E-state index contributed by atoms with van der Waals surface area (Å²) in [4.78, 5) is 50.0. The molecule has 6 rings (SSSR count). The van der Waals surface area contributed by atoms with E-state index >= 15 is 0 Å². The molecule has 0 aliphatic carbocycles. The summed E-state index contributed by atoms with van der Waals surface area (Å²) in [6.45, 7) is 12.2. The molecule has 2 atom stereocenters. The number of nitrogens with zero attached hydrogens (tertiary/aromatic N) is 1. The Hall–Kier alpha value is -5.75. The van der Waals surface area contributed by atoms with E-state index in [1.807, 2.05) is 98.8 Å². The Kier molecular flexibility index (Phi) is 16.4. The molecular weight excluding hydrogens is 807 g/mol. The number of aliphatic imine (C=N–C) groups is 1.